The molecule has 0 unspecified atom stereocenters. The standard InChI is InChI=1S/C21H22N2O3/c1-15(21(24)23-17-11-6-7-12-18(17)25-2)22-20(19-13-8-14-26-19)16-9-4-3-5-10-16/h3-15,20,22H,1-2H3,(H,23,24)/p+1/t15-,20+/m1/s1. The SMILES string of the molecule is COc1ccccc1NC(=O)[C@@H](C)[NH2+][C@@H](c1ccccc1)c1ccco1. The van der Waals surface area contributed by atoms with Crippen LogP contribution in [0.1, 0.15) is 24.3 Å². The van der Waals surface area contributed by atoms with E-state index in [-0.39, 0.29) is 18.0 Å². The summed E-state index contributed by atoms with van der Waals surface area (Å²) >= 11 is 0. The molecule has 134 valence electrons. The van der Waals surface area contributed by atoms with E-state index in [0.29, 0.717) is 11.4 Å². The Hall–Kier alpha value is -3.05. The number of methoxy groups -OCH3 is 1. The molecule has 2 atom stereocenters. The molecule has 3 aromatic rings. The molecule has 5 nitrogen and oxygen atoms in total. The van der Waals surface area contributed by atoms with Crippen molar-refractivity contribution in [2.24, 2.45) is 0 Å². The quantitative estimate of drug-likeness (QED) is 0.688. The third-order valence-corrected chi connectivity index (χ3v) is 4.27. The first-order valence-corrected chi connectivity index (χ1v) is 8.56. The number of para-hydroxylation sites is 2. The van der Waals surface area contributed by atoms with Crippen LogP contribution in [0.2, 0.25) is 0 Å². The third-order valence-electron chi connectivity index (χ3n) is 4.27. The molecule has 2 aromatic carbocycles. The zero-order chi connectivity index (χ0) is 18.4. The van der Waals surface area contributed by atoms with E-state index in [9.17, 15) is 4.79 Å². The highest BCUT2D eigenvalue weighted by atomic mass is 16.5. The number of rotatable bonds is 7. The summed E-state index contributed by atoms with van der Waals surface area (Å²) in [5.41, 5.74) is 1.74. The van der Waals surface area contributed by atoms with Gasteiger partial charge in [0, 0.05) is 5.56 Å². The number of nitrogens with two attached hydrogens (primary N) is 1. The first-order chi connectivity index (χ1) is 12.7. The van der Waals surface area contributed by atoms with Crippen molar-refractivity contribution in [3.8, 4) is 5.75 Å². The van der Waals surface area contributed by atoms with Gasteiger partial charge in [0.1, 0.15) is 5.75 Å². The molecule has 0 radical (unpaired) electrons. The fourth-order valence-electron chi connectivity index (χ4n) is 2.87. The van der Waals surface area contributed by atoms with Crippen LogP contribution in [-0.2, 0) is 4.79 Å². The number of quaternary nitrogens is 1. The second-order valence-electron chi connectivity index (χ2n) is 6.07. The highest BCUT2D eigenvalue weighted by Crippen LogP contribution is 2.23. The Morgan fingerprint density at radius 1 is 1.04 bits per heavy atom. The number of hydrogen-bond donors (Lipinski definition) is 2. The maximum absolute atomic E-state index is 12.7. The van der Waals surface area contributed by atoms with Crippen molar-refractivity contribution < 1.29 is 19.3 Å². The van der Waals surface area contributed by atoms with E-state index in [1.807, 2.05) is 79.0 Å². The maximum atomic E-state index is 12.7. The molecule has 0 aliphatic rings. The molecule has 0 saturated carbocycles. The third kappa shape index (κ3) is 4.13. The lowest BCUT2D eigenvalue weighted by Gasteiger charge is -2.19. The molecule has 0 saturated heterocycles. The fraction of sp³-hybridized carbons (Fsp3) is 0.190. The summed E-state index contributed by atoms with van der Waals surface area (Å²) in [6.07, 6.45) is 1.65. The molecule has 1 aromatic heterocycles. The Morgan fingerprint density at radius 3 is 2.46 bits per heavy atom. The maximum Gasteiger partial charge on any atom is 0.282 e. The Kier molecular flexibility index (Phi) is 5.71. The van der Waals surface area contributed by atoms with E-state index >= 15 is 0 Å². The van der Waals surface area contributed by atoms with Crippen molar-refractivity contribution in [3.63, 3.8) is 0 Å². The monoisotopic (exact) mass is 351 g/mol. The van der Waals surface area contributed by atoms with Gasteiger partial charge in [-0.15, -0.1) is 0 Å². The second kappa shape index (κ2) is 8.36. The van der Waals surface area contributed by atoms with Crippen LogP contribution in [0.15, 0.2) is 77.4 Å². The highest BCUT2D eigenvalue weighted by molar-refractivity contribution is 5.94. The molecule has 0 aliphatic carbocycles. The topological polar surface area (TPSA) is 68.1 Å². The van der Waals surface area contributed by atoms with E-state index in [0.717, 1.165) is 11.3 Å². The molecule has 1 amide bonds. The largest absolute Gasteiger partial charge is 0.495 e. The van der Waals surface area contributed by atoms with Crippen molar-refractivity contribution in [2.75, 3.05) is 12.4 Å². The molecule has 1 heterocycles. The summed E-state index contributed by atoms with van der Waals surface area (Å²) in [5.74, 6) is 1.36. The summed E-state index contributed by atoms with van der Waals surface area (Å²) in [6.45, 7) is 1.88. The summed E-state index contributed by atoms with van der Waals surface area (Å²) in [4.78, 5) is 12.7. The molecular formula is C21H23N2O3+. The lowest BCUT2D eigenvalue weighted by Crippen LogP contribution is -2.92. The molecule has 3 N–H and O–H groups in total. The predicted molar refractivity (Wildman–Crippen MR) is 100 cm³/mol. The molecule has 0 fully saturated rings. The Balaban J connectivity index is 1.75. The summed E-state index contributed by atoms with van der Waals surface area (Å²) in [6, 6.07) is 20.8. The minimum absolute atomic E-state index is 0.0929. The molecule has 26 heavy (non-hydrogen) atoms. The van der Waals surface area contributed by atoms with Gasteiger partial charge in [0.25, 0.3) is 5.91 Å². The van der Waals surface area contributed by atoms with Crippen molar-refractivity contribution in [3.05, 3.63) is 84.3 Å². The second-order valence-corrected chi connectivity index (χ2v) is 6.07. The average molecular weight is 351 g/mol. The Morgan fingerprint density at radius 2 is 1.77 bits per heavy atom. The number of benzene rings is 2. The van der Waals surface area contributed by atoms with Crippen molar-refractivity contribution in [1.29, 1.82) is 0 Å². The average Bonchev–Trinajstić information content (AvgIpc) is 3.21. The predicted octanol–water partition coefficient (Wildman–Crippen LogP) is 2.97. The van der Waals surface area contributed by atoms with Crippen LogP contribution in [0.4, 0.5) is 5.69 Å². The van der Waals surface area contributed by atoms with Gasteiger partial charge in [-0.2, -0.15) is 0 Å². The first kappa shape index (κ1) is 17.8. The van der Waals surface area contributed by atoms with E-state index < -0.39 is 0 Å². The van der Waals surface area contributed by atoms with Crippen LogP contribution in [0.25, 0.3) is 0 Å². The lowest BCUT2D eigenvalue weighted by atomic mass is 10.0. The number of ether oxygens (including phenoxy) is 1. The van der Waals surface area contributed by atoms with Crippen LogP contribution in [0, 0.1) is 0 Å². The van der Waals surface area contributed by atoms with E-state index in [1.54, 1.807) is 13.4 Å². The Bertz CT molecular complexity index is 831. The van der Waals surface area contributed by atoms with Crippen LogP contribution in [0.5, 0.6) is 5.75 Å². The smallest absolute Gasteiger partial charge is 0.282 e. The van der Waals surface area contributed by atoms with Crippen LogP contribution >= 0.6 is 0 Å². The normalized spacial score (nSPS) is 13.0. The van der Waals surface area contributed by atoms with Gasteiger partial charge in [0.05, 0.1) is 19.1 Å². The first-order valence-electron chi connectivity index (χ1n) is 8.56. The summed E-state index contributed by atoms with van der Waals surface area (Å²) < 4.78 is 10.9. The molecule has 3 rings (SSSR count). The number of carbonyl (C=O) groups is 1. The van der Waals surface area contributed by atoms with E-state index in [1.165, 1.54) is 0 Å². The number of nitrogens with one attached hydrogen (secondary N) is 1. The van der Waals surface area contributed by atoms with Gasteiger partial charge in [-0.25, -0.2) is 0 Å². The van der Waals surface area contributed by atoms with Gasteiger partial charge in [0.15, 0.2) is 17.8 Å². The number of carbonyl (C=O) groups excluding carboxylic acids is 1. The van der Waals surface area contributed by atoms with Crippen LogP contribution < -0.4 is 15.4 Å². The number of hydrogen-bond acceptors (Lipinski definition) is 3. The van der Waals surface area contributed by atoms with Gasteiger partial charge in [-0.1, -0.05) is 42.5 Å². The van der Waals surface area contributed by atoms with Gasteiger partial charge in [-0.3, -0.25) is 4.79 Å². The lowest BCUT2D eigenvalue weighted by molar-refractivity contribution is -0.706. The van der Waals surface area contributed by atoms with Gasteiger partial charge in [0.2, 0.25) is 0 Å². The summed E-state index contributed by atoms with van der Waals surface area (Å²) in [7, 11) is 1.59. The van der Waals surface area contributed by atoms with Gasteiger partial charge < -0.3 is 19.8 Å². The number of anilines is 1. The minimum atomic E-state index is -0.324. The number of furan rings is 1. The fourth-order valence-corrected chi connectivity index (χ4v) is 2.87. The molecule has 5 heteroatoms. The zero-order valence-electron chi connectivity index (χ0n) is 14.9. The Labute approximate surface area is 153 Å². The molecule has 0 bridgehead atoms. The molecular weight excluding hydrogens is 328 g/mol. The van der Waals surface area contributed by atoms with Gasteiger partial charge in [-0.05, 0) is 31.2 Å². The highest BCUT2D eigenvalue weighted by Gasteiger charge is 2.27. The van der Waals surface area contributed by atoms with Crippen molar-refractivity contribution in [1.82, 2.24) is 0 Å². The zero-order valence-corrected chi connectivity index (χ0v) is 14.9. The van der Waals surface area contributed by atoms with Crippen molar-refractivity contribution >= 4 is 11.6 Å². The van der Waals surface area contributed by atoms with E-state index in [2.05, 4.69) is 5.32 Å². The van der Waals surface area contributed by atoms with E-state index in [4.69, 9.17) is 9.15 Å². The van der Waals surface area contributed by atoms with Gasteiger partial charge >= 0.3 is 0 Å². The van der Waals surface area contributed by atoms with Crippen molar-refractivity contribution in [2.45, 2.75) is 19.0 Å². The van der Waals surface area contributed by atoms with Crippen LogP contribution in [0.3, 0.4) is 0 Å². The molecule has 0 aliphatic heterocycles. The van der Waals surface area contributed by atoms with Crippen LogP contribution in [-0.4, -0.2) is 19.1 Å². The molecule has 0 spiro atoms. The minimum Gasteiger partial charge on any atom is -0.495 e. The summed E-state index contributed by atoms with van der Waals surface area (Å²) in [5, 5.41) is 4.94. The number of amides is 1.